The van der Waals surface area contributed by atoms with Crippen LogP contribution in [-0.2, 0) is 4.79 Å². The lowest BCUT2D eigenvalue weighted by Gasteiger charge is -2.18. The summed E-state index contributed by atoms with van der Waals surface area (Å²) in [6, 6.07) is 26.4. The number of hydrogen-bond acceptors (Lipinski definition) is 4. The molecule has 5 rings (SSSR count). The molecule has 0 aliphatic carbocycles. The number of aromatic nitrogens is 1. The second kappa shape index (κ2) is 11.4. The molecule has 0 aliphatic heterocycles. The number of fused-ring (bicyclic) bond motifs is 2. The van der Waals surface area contributed by atoms with E-state index in [9.17, 15) is 19.5 Å². The van der Waals surface area contributed by atoms with Crippen LogP contribution in [0.25, 0.3) is 27.8 Å². The second-order valence-corrected chi connectivity index (χ2v) is 10.0. The number of rotatable bonds is 7. The Labute approximate surface area is 237 Å². The monoisotopic (exact) mass is 543 g/mol. The van der Waals surface area contributed by atoms with E-state index in [-0.39, 0.29) is 17.6 Å². The van der Waals surface area contributed by atoms with Gasteiger partial charge in [0.15, 0.2) is 0 Å². The van der Waals surface area contributed by atoms with Gasteiger partial charge < -0.3 is 15.7 Å². The van der Waals surface area contributed by atoms with Crippen LogP contribution in [0.2, 0.25) is 0 Å². The second-order valence-electron chi connectivity index (χ2n) is 10.0. The molecular weight excluding hydrogens is 514 g/mol. The van der Waals surface area contributed by atoms with Gasteiger partial charge in [0.2, 0.25) is 0 Å². The Morgan fingerprint density at radius 1 is 0.829 bits per heavy atom. The first-order valence-electron chi connectivity index (χ1n) is 13.2. The quantitative estimate of drug-likeness (QED) is 0.207. The molecule has 41 heavy (non-hydrogen) atoms. The van der Waals surface area contributed by atoms with Gasteiger partial charge in [0.25, 0.3) is 11.8 Å². The molecule has 2 amide bonds. The number of benzene rings is 4. The molecule has 5 aromatic rings. The number of carbonyl (C=O) groups is 3. The molecule has 204 valence electrons. The fourth-order valence-electron chi connectivity index (χ4n) is 5.11. The van der Waals surface area contributed by atoms with Gasteiger partial charge in [-0.2, -0.15) is 0 Å². The summed E-state index contributed by atoms with van der Waals surface area (Å²) in [6.45, 7) is 5.39. The summed E-state index contributed by atoms with van der Waals surface area (Å²) in [6.07, 6.45) is 2.93. The molecule has 0 bridgehead atoms. The Morgan fingerprint density at radius 2 is 1.49 bits per heavy atom. The number of aliphatic carboxylic acids is 1. The highest BCUT2D eigenvalue weighted by molar-refractivity contribution is 6.05. The standard InChI is InChI=1S/C34H29N3O4/c1-20-15-26(32(38)36-22(3)27-13-8-11-24-9-4-6-12-28(24)27)16-21(2)31(20)33(39)37-30(34(40)41)18-23-17-25-10-5-7-14-29(25)35-19-23/h4-19,22H,1-3H3,(H,36,38)(H,37,39)(H,40,41). The van der Waals surface area contributed by atoms with Gasteiger partial charge in [0.1, 0.15) is 5.70 Å². The van der Waals surface area contributed by atoms with Crippen LogP contribution in [0, 0.1) is 13.8 Å². The minimum Gasteiger partial charge on any atom is -0.477 e. The number of hydrogen-bond donors (Lipinski definition) is 3. The average molecular weight is 544 g/mol. The van der Waals surface area contributed by atoms with Crippen molar-refractivity contribution in [3.05, 3.63) is 130 Å². The summed E-state index contributed by atoms with van der Waals surface area (Å²) in [4.78, 5) is 42.8. The molecule has 0 aliphatic rings. The molecule has 1 atom stereocenters. The van der Waals surface area contributed by atoms with Crippen molar-refractivity contribution < 1.29 is 19.5 Å². The molecule has 0 spiro atoms. The van der Waals surface area contributed by atoms with Gasteiger partial charge in [-0.3, -0.25) is 14.6 Å². The molecule has 0 radical (unpaired) electrons. The van der Waals surface area contributed by atoms with Crippen LogP contribution >= 0.6 is 0 Å². The number of para-hydroxylation sites is 1. The number of carboxylic acid groups (broad SMARTS) is 1. The number of nitrogens with one attached hydrogen (secondary N) is 2. The van der Waals surface area contributed by atoms with Crippen molar-refractivity contribution in [2.45, 2.75) is 26.8 Å². The molecule has 0 saturated heterocycles. The molecule has 7 nitrogen and oxygen atoms in total. The minimum absolute atomic E-state index is 0.245. The predicted octanol–water partition coefficient (Wildman–Crippen LogP) is 6.35. The van der Waals surface area contributed by atoms with Gasteiger partial charge >= 0.3 is 5.97 Å². The zero-order valence-corrected chi connectivity index (χ0v) is 22.9. The van der Waals surface area contributed by atoms with E-state index >= 15 is 0 Å². The Hall–Kier alpha value is -5.30. The summed E-state index contributed by atoms with van der Waals surface area (Å²) >= 11 is 0. The molecule has 1 unspecified atom stereocenters. The maximum Gasteiger partial charge on any atom is 0.352 e. The van der Waals surface area contributed by atoms with Crippen molar-refractivity contribution in [3.8, 4) is 0 Å². The number of carbonyl (C=O) groups excluding carboxylic acids is 2. The summed E-state index contributed by atoms with van der Waals surface area (Å²) in [5.74, 6) is -2.11. The topological polar surface area (TPSA) is 108 Å². The maximum absolute atomic E-state index is 13.2. The van der Waals surface area contributed by atoms with Crippen molar-refractivity contribution in [3.63, 3.8) is 0 Å². The van der Waals surface area contributed by atoms with Crippen LogP contribution in [0.3, 0.4) is 0 Å². The van der Waals surface area contributed by atoms with Gasteiger partial charge in [-0.1, -0.05) is 60.7 Å². The SMILES string of the molecule is Cc1cc(C(=O)NC(C)c2cccc3ccccc23)cc(C)c1C(=O)NC(=Cc1cnc2ccccc2c1)C(=O)O. The van der Waals surface area contributed by atoms with Crippen LogP contribution in [0.5, 0.6) is 0 Å². The lowest BCUT2D eigenvalue weighted by Crippen LogP contribution is -2.29. The van der Waals surface area contributed by atoms with Crippen molar-refractivity contribution in [2.75, 3.05) is 0 Å². The van der Waals surface area contributed by atoms with Crippen molar-refractivity contribution >= 4 is 45.5 Å². The van der Waals surface area contributed by atoms with E-state index in [1.54, 1.807) is 38.2 Å². The molecule has 0 fully saturated rings. The molecular formula is C34H29N3O4. The number of pyridine rings is 1. The number of carboxylic acids is 1. The molecule has 3 N–H and O–H groups in total. The summed E-state index contributed by atoms with van der Waals surface area (Å²) in [7, 11) is 0. The van der Waals surface area contributed by atoms with E-state index in [4.69, 9.17) is 0 Å². The first-order valence-corrected chi connectivity index (χ1v) is 13.2. The highest BCUT2D eigenvalue weighted by Gasteiger charge is 2.20. The maximum atomic E-state index is 13.2. The first kappa shape index (κ1) is 27.3. The number of amides is 2. The summed E-state index contributed by atoms with van der Waals surface area (Å²) in [5, 5.41) is 18.4. The van der Waals surface area contributed by atoms with Gasteiger partial charge in [-0.25, -0.2) is 4.79 Å². The van der Waals surface area contributed by atoms with Crippen LogP contribution in [0.4, 0.5) is 0 Å². The molecule has 7 heteroatoms. The lowest BCUT2D eigenvalue weighted by atomic mass is 9.97. The molecule has 4 aromatic carbocycles. The molecule has 1 heterocycles. The van der Waals surface area contributed by atoms with E-state index in [1.807, 2.05) is 73.7 Å². The fourth-order valence-corrected chi connectivity index (χ4v) is 5.11. The largest absolute Gasteiger partial charge is 0.477 e. The third kappa shape index (κ3) is 5.84. The van der Waals surface area contributed by atoms with Crippen LogP contribution in [0.15, 0.2) is 96.8 Å². The average Bonchev–Trinajstić information content (AvgIpc) is 2.96. The van der Waals surface area contributed by atoms with E-state index in [1.165, 1.54) is 6.08 Å². The first-order chi connectivity index (χ1) is 19.7. The number of aryl methyl sites for hydroxylation is 2. The van der Waals surface area contributed by atoms with Crippen molar-refractivity contribution in [2.24, 2.45) is 0 Å². The Balaban J connectivity index is 1.36. The van der Waals surface area contributed by atoms with Gasteiger partial charge in [-0.05, 0) is 84.1 Å². The van der Waals surface area contributed by atoms with Crippen molar-refractivity contribution in [1.82, 2.24) is 15.6 Å². The molecule has 0 saturated carbocycles. The minimum atomic E-state index is -1.28. The van der Waals surface area contributed by atoms with E-state index in [0.717, 1.165) is 27.2 Å². The number of nitrogens with zero attached hydrogens (tertiary/aromatic N) is 1. The van der Waals surface area contributed by atoms with E-state index in [2.05, 4.69) is 15.6 Å². The third-order valence-corrected chi connectivity index (χ3v) is 7.06. The Kier molecular flexibility index (Phi) is 7.61. The predicted molar refractivity (Wildman–Crippen MR) is 161 cm³/mol. The summed E-state index contributed by atoms with van der Waals surface area (Å²) in [5.41, 5.74) is 3.90. The van der Waals surface area contributed by atoms with Crippen LogP contribution in [-0.4, -0.2) is 27.9 Å². The van der Waals surface area contributed by atoms with Gasteiger partial charge in [0, 0.05) is 22.7 Å². The Morgan fingerprint density at radius 3 is 2.22 bits per heavy atom. The van der Waals surface area contributed by atoms with Crippen LogP contribution < -0.4 is 10.6 Å². The lowest BCUT2D eigenvalue weighted by molar-refractivity contribution is -0.132. The van der Waals surface area contributed by atoms with Gasteiger partial charge in [0.05, 0.1) is 11.6 Å². The zero-order valence-electron chi connectivity index (χ0n) is 22.9. The Bertz CT molecular complexity index is 1830. The fraction of sp³-hybridized carbons (Fsp3) is 0.118. The van der Waals surface area contributed by atoms with Gasteiger partial charge in [-0.15, -0.1) is 0 Å². The van der Waals surface area contributed by atoms with E-state index in [0.29, 0.717) is 27.8 Å². The highest BCUT2D eigenvalue weighted by atomic mass is 16.4. The summed E-state index contributed by atoms with van der Waals surface area (Å²) < 4.78 is 0. The normalized spacial score (nSPS) is 12.2. The van der Waals surface area contributed by atoms with Crippen molar-refractivity contribution in [1.29, 1.82) is 0 Å². The zero-order chi connectivity index (χ0) is 29.1. The smallest absolute Gasteiger partial charge is 0.352 e. The van der Waals surface area contributed by atoms with Crippen LogP contribution in [0.1, 0.15) is 55.9 Å². The third-order valence-electron chi connectivity index (χ3n) is 7.06. The molecule has 1 aromatic heterocycles. The highest BCUT2D eigenvalue weighted by Crippen LogP contribution is 2.25. The van der Waals surface area contributed by atoms with E-state index < -0.39 is 11.9 Å².